The quantitative estimate of drug-likeness (QED) is 0.684. The van der Waals surface area contributed by atoms with Crippen LogP contribution in [0.4, 0.5) is 12.9 Å². The summed E-state index contributed by atoms with van der Waals surface area (Å²) < 4.78 is 42.7. The summed E-state index contributed by atoms with van der Waals surface area (Å²) in [6.07, 6.45) is 4.04. The molecular weight excluding hydrogens is 269 g/mol. The first-order chi connectivity index (χ1) is 7.97. The van der Waals surface area contributed by atoms with Gasteiger partial charge in [-0.3, -0.25) is 4.98 Å². The minimum atomic E-state index is -5.01. The van der Waals surface area contributed by atoms with E-state index in [2.05, 4.69) is 4.98 Å². The Labute approximate surface area is 148 Å². The number of nitrogens with zero attached hydrogens (tertiary/aromatic N) is 1. The molecule has 1 heterocycles. The van der Waals surface area contributed by atoms with Crippen molar-refractivity contribution in [3.63, 3.8) is 0 Å². The minimum Gasteiger partial charge on any atom is -0.492 e. The Morgan fingerprint density at radius 3 is 2.33 bits per heavy atom. The molecule has 0 fully saturated rings. The van der Waals surface area contributed by atoms with Gasteiger partial charge in [0.15, 0.2) is 0 Å². The van der Waals surface area contributed by atoms with Crippen molar-refractivity contribution in [1.82, 2.24) is 4.98 Å². The summed E-state index contributed by atoms with van der Waals surface area (Å²) in [7, 11) is 0. The zero-order valence-electron chi connectivity index (χ0n) is 11.0. The second-order valence-corrected chi connectivity index (χ2v) is 4.02. The Hall–Kier alpha value is 0.441. The molecule has 1 rings (SSSR count). The number of rotatable bonds is 6. The van der Waals surface area contributed by atoms with Gasteiger partial charge in [0.05, 0.1) is 12.8 Å². The van der Waals surface area contributed by atoms with Gasteiger partial charge in [0.25, 0.3) is 0 Å². The van der Waals surface area contributed by atoms with Crippen LogP contribution in [-0.4, -0.2) is 18.6 Å². The van der Waals surface area contributed by atoms with Gasteiger partial charge < -0.3 is 17.7 Å². The van der Waals surface area contributed by atoms with E-state index < -0.39 is 12.4 Å². The normalized spacial score (nSPS) is 11.2. The molecule has 0 aliphatic heterocycles. The first-order valence-corrected chi connectivity index (χ1v) is 5.75. The van der Waals surface area contributed by atoms with Crippen molar-refractivity contribution in [3.8, 4) is 5.75 Å². The molecule has 0 unspecified atom stereocenters. The summed E-state index contributed by atoms with van der Waals surface area (Å²) in [5, 5.41) is 0. The molecule has 96 valence electrons. The maximum Gasteiger partial charge on any atom is 1.00 e. The van der Waals surface area contributed by atoms with Crippen LogP contribution in [0.25, 0.3) is 0 Å². The number of pyridine rings is 1. The predicted octanol–water partition coefficient (Wildman–Crippen LogP) is -0.0450. The van der Waals surface area contributed by atoms with E-state index in [1.807, 2.05) is 13.8 Å². The van der Waals surface area contributed by atoms with Crippen LogP contribution in [0.3, 0.4) is 0 Å². The second-order valence-electron chi connectivity index (χ2n) is 4.02. The summed E-state index contributed by atoms with van der Waals surface area (Å²) in [4.78, 5) is 3.55. The number of halogens is 3. The fraction of sp³-hybridized carbons (Fsp3) is 0.545. The van der Waals surface area contributed by atoms with E-state index in [1.165, 1.54) is 6.20 Å². The average Bonchev–Trinajstić information content (AvgIpc) is 2.30. The molecule has 7 heteroatoms. The van der Waals surface area contributed by atoms with Crippen LogP contribution in [0.2, 0.25) is 0 Å². The molecule has 2 nitrogen and oxygen atoms in total. The Morgan fingerprint density at radius 1 is 1.22 bits per heavy atom. The zero-order chi connectivity index (χ0) is 12.9. The molecule has 0 amide bonds. The van der Waals surface area contributed by atoms with Gasteiger partial charge in [0.2, 0.25) is 0 Å². The van der Waals surface area contributed by atoms with Crippen LogP contribution in [0.15, 0.2) is 18.5 Å². The SMILES string of the molecule is CCC(CC)COc1cncc([B-](F)(F)F)c1.[K+]. The molecule has 18 heavy (non-hydrogen) atoms. The van der Waals surface area contributed by atoms with E-state index >= 15 is 0 Å². The predicted molar refractivity (Wildman–Crippen MR) is 62.5 cm³/mol. The van der Waals surface area contributed by atoms with Crippen molar-refractivity contribution in [2.45, 2.75) is 26.7 Å². The largest absolute Gasteiger partial charge is 1.00 e. The van der Waals surface area contributed by atoms with Gasteiger partial charge >= 0.3 is 58.4 Å². The topological polar surface area (TPSA) is 22.1 Å². The molecule has 0 N–H and O–H groups in total. The van der Waals surface area contributed by atoms with Crippen molar-refractivity contribution in [2.24, 2.45) is 5.92 Å². The van der Waals surface area contributed by atoms with Crippen molar-refractivity contribution < 1.29 is 69.1 Å². The average molecular weight is 285 g/mol. The monoisotopic (exact) mass is 285 g/mol. The van der Waals surface area contributed by atoms with Gasteiger partial charge in [-0.2, -0.15) is 0 Å². The summed E-state index contributed by atoms with van der Waals surface area (Å²) in [6, 6.07) is 1.01. The van der Waals surface area contributed by atoms with Gasteiger partial charge in [0.1, 0.15) is 5.75 Å². The Kier molecular flexibility index (Phi) is 8.79. The molecular formula is C11H16BF3KNO. The van der Waals surface area contributed by atoms with Crippen molar-refractivity contribution >= 4 is 12.4 Å². The number of hydrogen-bond acceptors (Lipinski definition) is 2. The molecule has 1 aromatic rings. The van der Waals surface area contributed by atoms with Crippen molar-refractivity contribution in [1.29, 1.82) is 0 Å². The van der Waals surface area contributed by atoms with Gasteiger partial charge in [-0.05, 0) is 12.0 Å². The summed E-state index contributed by atoms with van der Waals surface area (Å²) in [5.74, 6) is 0.559. The van der Waals surface area contributed by atoms with E-state index in [0.717, 1.165) is 25.1 Å². The third-order valence-corrected chi connectivity index (χ3v) is 2.75. The third-order valence-electron chi connectivity index (χ3n) is 2.75. The second kappa shape index (κ2) is 8.58. The molecule has 0 saturated heterocycles. The minimum absolute atomic E-state index is 0. The van der Waals surface area contributed by atoms with Gasteiger partial charge in [0, 0.05) is 6.20 Å². The number of ether oxygens (including phenoxy) is 1. The number of hydrogen-bond donors (Lipinski definition) is 0. The molecule has 0 atom stereocenters. The van der Waals surface area contributed by atoms with Crippen LogP contribution >= 0.6 is 0 Å². The fourth-order valence-electron chi connectivity index (χ4n) is 1.43. The summed E-state index contributed by atoms with van der Waals surface area (Å²) in [5.41, 5.74) is -0.716. The molecule has 0 saturated carbocycles. The molecule has 0 radical (unpaired) electrons. The van der Waals surface area contributed by atoms with E-state index in [9.17, 15) is 12.9 Å². The zero-order valence-corrected chi connectivity index (χ0v) is 14.1. The van der Waals surface area contributed by atoms with Crippen LogP contribution in [0, 0.1) is 5.92 Å². The maximum atomic E-state index is 12.5. The van der Waals surface area contributed by atoms with Crippen LogP contribution in [0.1, 0.15) is 26.7 Å². The summed E-state index contributed by atoms with van der Waals surface area (Å²) >= 11 is 0. The van der Waals surface area contributed by atoms with E-state index in [1.54, 1.807) is 0 Å². The standard InChI is InChI=1S/C11H16BF3NO.K/c1-3-9(4-2)8-17-11-5-10(6-16-7-11)12(13,14)15;/h5-7,9H,3-4,8H2,1-2H3;/q-1;+1. The molecule has 0 aromatic carbocycles. The first-order valence-electron chi connectivity index (χ1n) is 5.75. The first kappa shape index (κ1) is 18.4. The molecule has 1 aromatic heterocycles. The third kappa shape index (κ3) is 6.06. The van der Waals surface area contributed by atoms with Crippen LogP contribution < -0.4 is 61.6 Å². The van der Waals surface area contributed by atoms with E-state index in [4.69, 9.17) is 4.74 Å². The molecule has 0 bridgehead atoms. The molecule has 0 aliphatic rings. The molecule has 0 aliphatic carbocycles. The maximum absolute atomic E-state index is 12.5. The van der Waals surface area contributed by atoms with E-state index in [-0.39, 0.29) is 57.1 Å². The summed E-state index contributed by atoms with van der Waals surface area (Å²) in [6.45, 7) is -0.508. The van der Waals surface area contributed by atoms with Crippen molar-refractivity contribution in [2.75, 3.05) is 6.61 Å². The molecule has 0 spiro atoms. The van der Waals surface area contributed by atoms with Crippen molar-refractivity contribution in [3.05, 3.63) is 18.5 Å². The van der Waals surface area contributed by atoms with Crippen LogP contribution in [-0.2, 0) is 0 Å². The Morgan fingerprint density at radius 2 is 1.83 bits per heavy atom. The van der Waals surface area contributed by atoms with Gasteiger partial charge in [-0.15, -0.1) is 0 Å². The van der Waals surface area contributed by atoms with E-state index in [0.29, 0.717) is 12.5 Å². The fourth-order valence-corrected chi connectivity index (χ4v) is 1.43. The van der Waals surface area contributed by atoms with Gasteiger partial charge in [-0.25, -0.2) is 0 Å². The van der Waals surface area contributed by atoms with Gasteiger partial charge in [-0.1, -0.05) is 32.2 Å². The Bertz CT molecular complexity index is 358. The number of aromatic nitrogens is 1. The van der Waals surface area contributed by atoms with Crippen LogP contribution in [0.5, 0.6) is 5.75 Å². The Balaban J connectivity index is 0.00000289. The smallest absolute Gasteiger partial charge is 0.492 e.